The van der Waals surface area contributed by atoms with E-state index in [0.29, 0.717) is 12.3 Å². The minimum atomic E-state index is 0.119. The molecule has 1 unspecified atom stereocenters. The van der Waals surface area contributed by atoms with Crippen LogP contribution < -0.4 is 5.32 Å². The Kier molecular flexibility index (Phi) is 3.81. The zero-order valence-corrected chi connectivity index (χ0v) is 11.1. The van der Waals surface area contributed by atoms with Crippen LogP contribution in [0.3, 0.4) is 0 Å². The fourth-order valence-electron chi connectivity index (χ4n) is 2.10. The summed E-state index contributed by atoms with van der Waals surface area (Å²) < 4.78 is 1.85. The third-order valence-electron chi connectivity index (χ3n) is 3.36. The van der Waals surface area contributed by atoms with E-state index in [1.54, 1.807) is 12.4 Å². The highest BCUT2D eigenvalue weighted by atomic mass is 15.3. The standard InChI is InChI=1S/C14H17N5/c1-3-12(4-6-15)19-9-11(8-18-19)10(2)13-5-7-17-14(13)16/h5,7-9,12H,3-4H2,1-2H3,(H2,16,17)/b13-10+. The van der Waals surface area contributed by atoms with Gasteiger partial charge in [0.05, 0.1) is 24.7 Å². The van der Waals surface area contributed by atoms with Crippen molar-refractivity contribution in [3.8, 4) is 6.07 Å². The van der Waals surface area contributed by atoms with Crippen molar-refractivity contribution in [3.05, 3.63) is 35.8 Å². The van der Waals surface area contributed by atoms with Crippen molar-refractivity contribution in [3.63, 3.8) is 0 Å². The average molecular weight is 255 g/mol. The number of allylic oxidation sites excluding steroid dienone is 1. The molecule has 1 atom stereocenters. The molecule has 0 aliphatic carbocycles. The lowest BCUT2D eigenvalue weighted by molar-refractivity contribution is 0.448. The van der Waals surface area contributed by atoms with Crippen LogP contribution in [0.15, 0.2) is 30.2 Å². The third-order valence-corrected chi connectivity index (χ3v) is 3.36. The summed E-state index contributed by atoms with van der Waals surface area (Å²) in [5.41, 5.74) is 2.89. The number of nitriles is 1. The van der Waals surface area contributed by atoms with E-state index in [4.69, 9.17) is 10.7 Å². The summed E-state index contributed by atoms with van der Waals surface area (Å²) in [6.07, 6.45) is 8.74. The smallest absolute Gasteiger partial charge is 0.129 e. The molecule has 1 aromatic rings. The Bertz CT molecular complexity index is 585. The van der Waals surface area contributed by atoms with Gasteiger partial charge in [-0.05, 0) is 25.0 Å². The lowest BCUT2D eigenvalue weighted by atomic mass is 10.0. The molecule has 2 heterocycles. The van der Waals surface area contributed by atoms with Gasteiger partial charge in [-0.25, -0.2) is 0 Å². The SMILES string of the molecule is CCC(CC#N)n1cc(/C(C)=C2\C=CNC2=N)cn1. The molecular weight excluding hydrogens is 238 g/mol. The Morgan fingerprint density at radius 1 is 1.63 bits per heavy atom. The maximum absolute atomic E-state index is 8.81. The Labute approximate surface area is 112 Å². The second-order valence-corrected chi connectivity index (χ2v) is 4.52. The van der Waals surface area contributed by atoms with Crippen LogP contribution in [0.5, 0.6) is 0 Å². The van der Waals surface area contributed by atoms with Gasteiger partial charge in [-0.1, -0.05) is 6.92 Å². The van der Waals surface area contributed by atoms with Gasteiger partial charge in [0, 0.05) is 23.5 Å². The quantitative estimate of drug-likeness (QED) is 0.868. The number of aromatic nitrogens is 2. The van der Waals surface area contributed by atoms with E-state index in [0.717, 1.165) is 23.1 Å². The van der Waals surface area contributed by atoms with E-state index in [1.807, 2.05) is 30.8 Å². The molecule has 1 aliphatic rings. The first-order valence-corrected chi connectivity index (χ1v) is 6.31. The Morgan fingerprint density at radius 2 is 2.42 bits per heavy atom. The van der Waals surface area contributed by atoms with Crippen molar-refractivity contribution >= 4 is 11.4 Å². The molecule has 0 saturated carbocycles. The summed E-state index contributed by atoms with van der Waals surface area (Å²) in [7, 11) is 0. The molecule has 19 heavy (non-hydrogen) atoms. The molecule has 5 heteroatoms. The molecule has 2 rings (SSSR count). The summed E-state index contributed by atoms with van der Waals surface area (Å²) >= 11 is 0. The van der Waals surface area contributed by atoms with Gasteiger partial charge >= 0.3 is 0 Å². The second kappa shape index (κ2) is 5.53. The van der Waals surface area contributed by atoms with Crippen LogP contribution in [-0.4, -0.2) is 15.6 Å². The van der Waals surface area contributed by atoms with Crippen molar-refractivity contribution in [2.75, 3.05) is 0 Å². The Balaban J connectivity index is 2.29. The van der Waals surface area contributed by atoms with E-state index >= 15 is 0 Å². The zero-order valence-electron chi connectivity index (χ0n) is 11.1. The molecule has 98 valence electrons. The summed E-state index contributed by atoms with van der Waals surface area (Å²) in [4.78, 5) is 0. The van der Waals surface area contributed by atoms with Crippen LogP contribution in [0.2, 0.25) is 0 Å². The van der Waals surface area contributed by atoms with Gasteiger partial charge in [-0.15, -0.1) is 0 Å². The van der Waals surface area contributed by atoms with Gasteiger partial charge in [0.15, 0.2) is 0 Å². The van der Waals surface area contributed by atoms with Gasteiger partial charge in [0.1, 0.15) is 5.84 Å². The maximum atomic E-state index is 8.81. The van der Waals surface area contributed by atoms with Gasteiger partial charge in [-0.3, -0.25) is 10.1 Å². The van der Waals surface area contributed by atoms with E-state index < -0.39 is 0 Å². The molecule has 0 bridgehead atoms. The normalized spacial score (nSPS) is 18.1. The van der Waals surface area contributed by atoms with E-state index in [-0.39, 0.29) is 6.04 Å². The lowest BCUT2D eigenvalue weighted by Crippen LogP contribution is -2.11. The molecule has 0 radical (unpaired) electrons. The molecule has 5 nitrogen and oxygen atoms in total. The highest BCUT2D eigenvalue weighted by molar-refractivity contribution is 6.07. The van der Waals surface area contributed by atoms with Gasteiger partial charge < -0.3 is 5.32 Å². The highest BCUT2D eigenvalue weighted by Gasteiger charge is 2.14. The van der Waals surface area contributed by atoms with Crippen LogP contribution in [0.1, 0.15) is 38.3 Å². The Hall–Kier alpha value is -2.35. The van der Waals surface area contributed by atoms with Crippen molar-refractivity contribution in [1.29, 1.82) is 10.7 Å². The van der Waals surface area contributed by atoms with Crippen molar-refractivity contribution < 1.29 is 0 Å². The van der Waals surface area contributed by atoms with Gasteiger partial charge in [0.2, 0.25) is 0 Å². The molecule has 2 N–H and O–H groups in total. The van der Waals surface area contributed by atoms with Crippen LogP contribution in [0, 0.1) is 16.7 Å². The topological polar surface area (TPSA) is 77.5 Å². The fraction of sp³-hybridized carbons (Fsp3) is 0.357. The van der Waals surface area contributed by atoms with Crippen LogP contribution in [-0.2, 0) is 0 Å². The molecular formula is C14H17N5. The first-order valence-electron chi connectivity index (χ1n) is 6.31. The molecule has 0 saturated heterocycles. The van der Waals surface area contributed by atoms with Crippen LogP contribution in [0.4, 0.5) is 0 Å². The highest BCUT2D eigenvalue weighted by Crippen LogP contribution is 2.23. The number of rotatable bonds is 4. The molecule has 0 fully saturated rings. The fourth-order valence-corrected chi connectivity index (χ4v) is 2.10. The predicted molar refractivity (Wildman–Crippen MR) is 74.4 cm³/mol. The van der Waals surface area contributed by atoms with Gasteiger partial charge in [0.25, 0.3) is 0 Å². The number of amidine groups is 1. The minimum absolute atomic E-state index is 0.119. The van der Waals surface area contributed by atoms with Gasteiger partial charge in [-0.2, -0.15) is 10.4 Å². The summed E-state index contributed by atoms with van der Waals surface area (Å²) in [5.74, 6) is 0.411. The monoisotopic (exact) mass is 255 g/mol. The molecule has 0 aromatic carbocycles. The average Bonchev–Trinajstić information content (AvgIpc) is 3.04. The largest absolute Gasteiger partial charge is 0.347 e. The molecule has 0 spiro atoms. The van der Waals surface area contributed by atoms with E-state index in [1.165, 1.54) is 0 Å². The third kappa shape index (κ3) is 2.58. The van der Waals surface area contributed by atoms with Crippen LogP contribution in [0.25, 0.3) is 5.57 Å². The van der Waals surface area contributed by atoms with Crippen molar-refractivity contribution in [2.45, 2.75) is 32.7 Å². The van der Waals surface area contributed by atoms with E-state index in [2.05, 4.69) is 16.5 Å². The molecule has 0 amide bonds. The first kappa shape index (κ1) is 13.1. The number of nitrogens with zero attached hydrogens (tertiary/aromatic N) is 3. The lowest BCUT2D eigenvalue weighted by Gasteiger charge is -2.11. The summed E-state index contributed by atoms with van der Waals surface area (Å²) in [5, 5.41) is 23.8. The molecule has 1 aromatic heterocycles. The maximum Gasteiger partial charge on any atom is 0.129 e. The second-order valence-electron chi connectivity index (χ2n) is 4.52. The zero-order chi connectivity index (χ0) is 13.8. The van der Waals surface area contributed by atoms with Crippen molar-refractivity contribution in [2.24, 2.45) is 0 Å². The molecule has 1 aliphatic heterocycles. The predicted octanol–water partition coefficient (Wildman–Crippen LogP) is 2.62. The number of nitrogens with one attached hydrogen (secondary N) is 2. The van der Waals surface area contributed by atoms with Crippen LogP contribution >= 0.6 is 0 Å². The summed E-state index contributed by atoms with van der Waals surface area (Å²) in [6, 6.07) is 2.31. The number of hydrogen-bond donors (Lipinski definition) is 2. The number of hydrogen-bond acceptors (Lipinski definition) is 3. The minimum Gasteiger partial charge on any atom is -0.347 e. The Morgan fingerprint density at radius 3 is 3.00 bits per heavy atom. The van der Waals surface area contributed by atoms with E-state index in [9.17, 15) is 0 Å². The first-order chi connectivity index (χ1) is 9.17. The van der Waals surface area contributed by atoms with Crippen molar-refractivity contribution in [1.82, 2.24) is 15.1 Å². The summed E-state index contributed by atoms with van der Waals surface area (Å²) in [6.45, 7) is 4.03.